The number of nitrogens with zero attached hydrogens (tertiary/aromatic N) is 2. The Morgan fingerprint density at radius 3 is 2.58 bits per heavy atom. The number of hydrogen-bond donors (Lipinski definition) is 1. The standard InChI is InChI=1S/C12H12BrF2N3O/c1-19-3-2-11-10(16)6-17-18(11)12-8(14)4-7(13)5-9(12)15/h4-6H,2-3,16H2,1H3. The third-order valence-electron chi connectivity index (χ3n) is 2.64. The van der Waals surface area contributed by atoms with Gasteiger partial charge in [-0.3, -0.25) is 0 Å². The van der Waals surface area contributed by atoms with Crippen molar-refractivity contribution in [3.8, 4) is 5.69 Å². The van der Waals surface area contributed by atoms with Gasteiger partial charge in [-0.1, -0.05) is 15.9 Å². The zero-order chi connectivity index (χ0) is 14.0. The summed E-state index contributed by atoms with van der Waals surface area (Å²) in [6, 6.07) is 2.35. The number of nitrogens with two attached hydrogens (primary N) is 1. The average molecular weight is 332 g/mol. The highest BCUT2D eigenvalue weighted by atomic mass is 79.9. The normalized spacial score (nSPS) is 10.9. The van der Waals surface area contributed by atoms with E-state index in [1.165, 1.54) is 30.1 Å². The zero-order valence-electron chi connectivity index (χ0n) is 10.2. The van der Waals surface area contributed by atoms with E-state index < -0.39 is 11.6 Å². The summed E-state index contributed by atoms with van der Waals surface area (Å²) in [5.41, 5.74) is 6.40. The van der Waals surface area contributed by atoms with Crippen molar-refractivity contribution in [1.82, 2.24) is 9.78 Å². The van der Waals surface area contributed by atoms with Crippen molar-refractivity contribution in [2.75, 3.05) is 19.5 Å². The first-order chi connectivity index (χ1) is 9.04. The summed E-state index contributed by atoms with van der Waals surface area (Å²) in [6.07, 6.45) is 1.78. The van der Waals surface area contributed by atoms with Crippen molar-refractivity contribution in [1.29, 1.82) is 0 Å². The molecule has 1 aromatic heterocycles. The lowest BCUT2D eigenvalue weighted by Crippen LogP contribution is -2.10. The summed E-state index contributed by atoms with van der Waals surface area (Å²) >= 11 is 3.03. The van der Waals surface area contributed by atoms with Crippen LogP contribution in [-0.4, -0.2) is 23.5 Å². The molecule has 0 saturated carbocycles. The van der Waals surface area contributed by atoms with Gasteiger partial charge < -0.3 is 10.5 Å². The number of methoxy groups -OCH3 is 1. The van der Waals surface area contributed by atoms with Crippen molar-refractivity contribution in [2.24, 2.45) is 0 Å². The molecule has 19 heavy (non-hydrogen) atoms. The Bertz CT molecular complexity index is 578. The monoisotopic (exact) mass is 331 g/mol. The Hall–Kier alpha value is -1.47. The van der Waals surface area contributed by atoms with E-state index >= 15 is 0 Å². The minimum atomic E-state index is -0.714. The number of rotatable bonds is 4. The molecule has 0 saturated heterocycles. The molecule has 0 amide bonds. The van der Waals surface area contributed by atoms with Crippen molar-refractivity contribution >= 4 is 21.6 Å². The Balaban J connectivity index is 2.53. The maximum Gasteiger partial charge on any atom is 0.153 e. The summed E-state index contributed by atoms with van der Waals surface area (Å²) < 4.78 is 34.3. The molecule has 0 atom stereocenters. The number of ether oxygens (including phenoxy) is 1. The van der Waals surface area contributed by atoms with E-state index in [4.69, 9.17) is 10.5 Å². The van der Waals surface area contributed by atoms with E-state index in [0.717, 1.165) is 0 Å². The molecule has 0 spiro atoms. The van der Waals surface area contributed by atoms with E-state index in [0.29, 0.717) is 28.9 Å². The molecular formula is C12H12BrF2N3O. The van der Waals surface area contributed by atoms with Crippen molar-refractivity contribution in [3.63, 3.8) is 0 Å². The second-order valence-electron chi connectivity index (χ2n) is 3.92. The van der Waals surface area contributed by atoms with E-state index in [2.05, 4.69) is 21.0 Å². The highest BCUT2D eigenvalue weighted by molar-refractivity contribution is 9.10. The van der Waals surface area contributed by atoms with Crippen LogP contribution < -0.4 is 5.73 Å². The summed E-state index contributed by atoms with van der Waals surface area (Å²) in [5.74, 6) is -1.43. The maximum atomic E-state index is 13.9. The highest BCUT2D eigenvalue weighted by Gasteiger charge is 2.18. The highest BCUT2D eigenvalue weighted by Crippen LogP contribution is 2.25. The fourth-order valence-electron chi connectivity index (χ4n) is 1.77. The molecule has 102 valence electrons. The second-order valence-corrected chi connectivity index (χ2v) is 4.83. The number of anilines is 1. The Labute approximate surface area is 117 Å². The predicted octanol–water partition coefficient (Wildman–Crippen LogP) is 2.68. The van der Waals surface area contributed by atoms with E-state index in [-0.39, 0.29) is 5.69 Å². The van der Waals surface area contributed by atoms with Gasteiger partial charge in [0.1, 0.15) is 5.69 Å². The molecule has 1 heterocycles. The Morgan fingerprint density at radius 1 is 1.37 bits per heavy atom. The summed E-state index contributed by atoms with van der Waals surface area (Å²) in [7, 11) is 1.54. The lowest BCUT2D eigenvalue weighted by atomic mass is 10.2. The van der Waals surface area contributed by atoms with Gasteiger partial charge in [0.05, 0.1) is 24.2 Å². The number of halogens is 3. The molecule has 0 radical (unpaired) electrons. The van der Waals surface area contributed by atoms with Crippen LogP contribution in [-0.2, 0) is 11.2 Å². The van der Waals surface area contributed by atoms with Crippen LogP contribution in [0.3, 0.4) is 0 Å². The van der Waals surface area contributed by atoms with Gasteiger partial charge >= 0.3 is 0 Å². The average Bonchev–Trinajstić information content (AvgIpc) is 2.67. The summed E-state index contributed by atoms with van der Waals surface area (Å²) in [4.78, 5) is 0. The van der Waals surface area contributed by atoms with Crippen LogP contribution in [0, 0.1) is 11.6 Å². The van der Waals surface area contributed by atoms with Crippen LogP contribution in [0.1, 0.15) is 5.69 Å². The third kappa shape index (κ3) is 2.76. The number of benzene rings is 1. The van der Waals surface area contributed by atoms with Crippen LogP contribution in [0.15, 0.2) is 22.8 Å². The molecular weight excluding hydrogens is 320 g/mol. The first kappa shape index (κ1) is 14.0. The molecule has 2 N–H and O–H groups in total. The molecule has 0 aliphatic heterocycles. The molecule has 0 unspecified atom stereocenters. The predicted molar refractivity (Wildman–Crippen MR) is 71.2 cm³/mol. The van der Waals surface area contributed by atoms with Crippen LogP contribution in [0.4, 0.5) is 14.5 Å². The summed E-state index contributed by atoms with van der Waals surface area (Å²) in [5, 5.41) is 3.93. The smallest absolute Gasteiger partial charge is 0.153 e. The van der Waals surface area contributed by atoms with Crippen LogP contribution >= 0.6 is 15.9 Å². The fraction of sp³-hybridized carbons (Fsp3) is 0.250. The lowest BCUT2D eigenvalue weighted by Gasteiger charge is -2.10. The number of nitrogen functional groups attached to an aromatic ring is 1. The van der Waals surface area contributed by atoms with Gasteiger partial charge in [0, 0.05) is 18.0 Å². The quantitative estimate of drug-likeness (QED) is 0.937. The minimum Gasteiger partial charge on any atom is -0.396 e. The number of hydrogen-bond acceptors (Lipinski definition) is 3. The van der Waals surface area contributed by atoms with E-state index in [9.17, 15) is 8.78 Å². The summed E-state index contributed by atoms with van der Waals surface area (Å²) in [6.45, 7) is 0.385. The van der Waals surface area contributed by atoms with Crippen molar-refractivity contribution in [3.05, 3.63) is 40.1 Å². The first-order valence-corrected chi connectivity index (χ1v) is 6.30. The molecule has 0 aliphatic carbocycles. The zero-order valence-corrected chi connectivity index (χ0v) is 11.7. The van der Waals surface area contributed by atoms with Crippen LogP contribution in [0.25, 0.3) is 5.69 Å². The minimum absolute atomic E-state index is 0.244. The lowest BCUT2D eigenvalue weighted by molar-refractivity contribution is 0.201. The molecule has 0 aliphatic rings. The van der Waals surface area contributed by atoms with Gasteiger partial charge in [0.15, 0.2) is 11.6 Å². The van der Waals surface area contributed by atoms with E-state index in [1.807, 2.05) is 0 Å². The van der Waals surface area contributed by atoms with Crippen molar-refractivity contribution in [2.45, 2.75) is 6.42 Å². The molecule has 4 nitrogen and oxygen atoms in total. The first-order valence-electron chi connectivity index (χ1n) is 5.50. The van der Waals surface area contributed by atoms with Crippen LogP contribution in [0.5, 0.6) is 0 Å². The van der Waals surface area contributed by atoms with Gasteiger partial charge in [-0.2, -0.15) is 5.10 Å². The van der Waals surface area contributed by atoms with Crippen molar-refractivity contribution < 1.29 is 13.5 Å². The topological polar surface area (TPSA) is 53.1 Å². The van der Waals surface area contributed by atoms with Gasteiger partial charge in [-0.15, -0.1) is 0 Å². The number of aromatic nitrogens is 2. The van der Waals surface area contributed by atoms with Gasteiger partial charge in [-0.25, -0.2) is 13.5 Å². The van der Waals surface area contributed by atoms with Gasteiger partial charge in [0.2, 0.25) is 0 Å². The van der Waals surface area contributed by atoms with Crippen LogP contribution in [0.2, 0.25) is 0 Å². The molecule has 2 aromatic rings. The molecule has 1 aromatic carbocycles. The second kappa shape index (κ2) is 5.66. The SMILES string of the molecule is COCCc1c(N)cnn1-c1c(F)cc(Br)cc1F. The van der Waals surface area contributed by atoms with Gasteiger partial charge in [-0.05, 0) is 12.1 Å². The Morgan fingerprint density at radius 2 is 2.00 bits per heavy atom. The van der Waals surface area contributed by atoms with Gasteiger partial charge in [0.25, 0.3) is 0 Å². The Kier molecular flexibility index (Phi) is 4.16. The van der Waals surface area contributed by atoms with E-state index in [1.54, 1.807) is 0 Å². The third-order valence-corrected chi connectivity index (χ3v) is 3.10. The molecule has 7 heteroatoms. The molecule has 0 bridgehead atoms. The maximum absolute atomic E-state index is 13.9. The molecule has 2 rings (SSSR count). The molecule has 0 fully saturated rings. The fourth-order valence-corrected chi connectivity index (χ4v) is 2.17. The largest absolute Gasteiger partial charge is 0.396 e.